The monoisotopic (exact) mass is 269 g/mol. The molecule has 1 aromatic carbocycles. The Kier molecular flexibility index (Phi) is 2.94. The Bertz CT molecular complexity index is 537. The van der Waals surface area contributed by atoms with Crippen LogP contribution in [0.1, 0.15) is 25.3 Å². The van der Waals surface area contributed by atoms with Gasteiger partial charge < -0.3 is 15.5 Å². The first kappa shape index (κ1) is 12.7. The van der Waals surface area contributed by atoms with Gasteiger partial charge in [-0.25, -0.2) is 0 Å². The zero-order valence-corrected chi connectivity index (χ0v) is 10.4. The lowest BCUT2D eigenvalue weighted by atomic mass is 9.93. The lowest BCUT2D eigenvalue weighted by Gasteiger charge is -2.18. The van der Waals surface area contributed by atoms with E-state index in [0.29, 0.717) is 12.8 Å². The fourth-order valence-corrected chi connectivity index (χ4v) is 2.37. The SMILES string of the molecule is CC(=O)Nc1c(O)ccc(Cl)c1C1(C(=O)O)CC1. The van der Waals surface area contributed by atoms with Crippen LogP contribution in [0, 0.1) is 0 Å². The van der Waals surface area contributed by atoms with Gasteiger partial charge in [-0.1, -0.05) is 11.6 Å². The molecule has 1 aliphatic rings. The van der Waals surface area contributed by atoms with E-state index in [1.807, 2.05) is 0 Å². The molecule has 0 radical (unpaired) electrons. The fourth-order valence-electron chi connectivity index (χ4n) is 2.03. The van der Waals surface area contributed by atoms with E-state index in [9.17, 15) is 19.8 Å². The number of nitrogens with one attached hydrogen (secondary N) is 1. The Morgan fingerprint density at radius 2 is 2.00 bits per heavy atom. The van der Waals surface area contributed by atoms with Crippen molar-refractivity contribution in [2.45, 2.75) is 25.2 Å². The smallest absolute Gasteiger partial charge is 0.314 e. The molecule has 0 bridgehead atoms. The highest BCUT2D eigenvalue weighted by atomic mass is 35.5. The summed E-state index contributed by atoms with van der Waals surface area (Å²) in [4.78, 5) is 22.5. The molecule has 0 aromatic heterocycles. The van der Waals surface area contributed by atoms with Crippen molar-refractivity contribution in [1.29, 1.82) is 0 Å². The Labute approximate surface area is 108 Å². The van der Waals surface area contributed by atoms with Crippen LogP contribution in [0.15, 0.2) is 12.1 Å². The summed E-state index contributed by atoms with van der Waals surface area (Å²) in [7, 11) is 0. The standard InChI is InChI=1S/C12H12ClNO4/c1-6(15)14-10-8(16)3-2-7(13)9(10)12(4-5-12)11(17)18/h2-3,16H,4-5H2,1H3,(H,14,15)(H,17,18). The van der Waals surface area contributed by atoms with Gasteiger partial charge in [0.2, 0.25) is 5.91 Å². The predicted molar refractivity (Wildman–Crippen MR) is 66.0 cm³/mol. The second kappa shape index (κ2) is 4.17. The number of anilines is 1. The van der Waals surface area contributed by atoms with Gasteiger partial charge in [0.15, 0.2) is 0 Å². The number of halogens is 1. The van der Waals surface area contributed by atoms with Gasteiger partial charge >= 0.3 is 5.97 Å². The molecule has 0 saturated heterocycles. The van der Waals surface area contributed by atoms with Crippen LogP contribution >= 0.6 is 11.6 Å². The minimum Gasteiger partial charge on any atom is -0.506 e. The summed E-state index contributed by atoms with van der Waals surface area (Å²) < 4.78 is 0. The first-order valence-corrected chi connectivity index (χ1v) is 5.79. The van der Waals surface area contributed by atoms with Crippen molar-refractivity contribution < 1.29 is 19.8 Å². The summed E-state index contributed by atoms with van der Waals surface area (Å²) in [6, 6.07) is 2.76. The zero-order chi connectivity index (χ0) is 13.5. The highest BCUT2D eigenvalue weighted by Crippen LogP contribution is 2.55. The van der Waals surface area contributed by atoms with Crippen LogP contribution in [-0.2, 0) is 15.0 Å². The van der Waals surface area contributed by atoms with Crippen LogP contribution in [0.4, 0.5) is 5.69 Å². The van der Waals surface area contributed by atoms with Crippen molar-refractivity contribution >= 4 is 29.2 Å². The summed E-state index contributed by atoms with van der Waals surface area (Å²) in [6.07, 6.45) is 0.885. The molecule has 0 heterocycles. The first-order valence-electron chi connectivity index (χ1n) is 5.41. The van der Waals surface area contributed by atoms with E-state index in [1.54, 1.807) is 0 Å². The summed E-state index contributed by atoms with van der Waals surface area (Å²) >= 11 is 6.03. The lowest BCUT2D eigenvalue weighted by molar-refractivity contribution is -0.140. The fraction of sp³-hybridized carbons (Fsp3) is 0.333. The molecule has 5 nitrogen and oxygen atoms in total. The maximum Gasteiger partial charge on any atom is 0.314 e. The third kappa shape index (κ3) is 1.90. The van der Waals surface area contributed by atoms with Gasteiger partial charge in [-0.3, -0.25) is 9.59 Å². The summed E-state index contributed by atoms with van der Waals surface area (Å²) in [5.74, 6) is -1.58. The van der Waals surface area contributed by atoms with Crippen molar-refractivity contribution in [3.63, 3.8) is 0 Å². The number of aromatic hydroxyl groups is 1. The minimum atomic E-state index is -1.09. The lowest BCUT2D eigenvalue weighted by Crippen LogP contribution is -2.22. The molecule has 6 heteroatoms. The van der Waals surface area contributed by atoms with E-state index < -0.39 is 17.3 Å². The molecule has 1 fully saturated rings. The molecular weight excluding hydrogens is 258 g/mol. The van der Waals surface area contributed by atoms with Crippen LogP contribution < -0.4 is 5.32 Å². The second-order valence-electron chi connectivity index (χ2n) is 4.38. The number of carbonyl (C=O) groups excluding carboxylic acids is 1. The maximum absolute atomic E-state index is 11.3. The molecule has 18 heavy (non-hydrogen) atoms. The molecule has 1 aromatic rings. The number of carboxylic acids is 1. The Hall–Kier alpha value is -1.75. The molecule has 0 atom stereocenters. The van der Waals surface area contributed by atoms with Crippen molar-refractivity contribution in [3.05, 3.63) is 22.7 Å². The van der Waals surface area contributed by atoms with Crippen molar-refractivity contribution in [3.8, 4) is 5.75 Å². The van der Waals surface area contributed by atoms with Crippen LogP contribution in [0.2, 0.25) is 5.02 Å². The number of phenols is 1. The number of benzene rings is 1. The highest BCUT2D eigenvalue weighted by molar-refractivity contribution is 6.32. The third-order valence-electron chi connectivity index (χ3n) is 3.07. The van der Waals surface area contributed by atoms with Crippen LogP contribution in [0.25, 0.3) is 0 Å². The van der Waals surface area contributed by atoms with Crippen LogP contribution in [-0.4, -0.2) is 22.1 Å². The Balaban J connectivity index is 2.61. The predicted octanol–water partition coefficient (Wildman–Crippen LogP) is 2.12. The number of aliphatic carboxylic acids is 1. The molecule has 0 aliphatic heterocycles. The van der Waals surface area contributed by atoms with E-state index in [4.69, 9.17) is 11.6 Å². The second-order valence-corrected chi connectivity index (χ2v) is 4.79. The Morgan fingerprint density at radius 3 is 2.44 bits per heavy atom. The third-order valence-corrected chi connectivity index (χ3v) is 3.39. The van der Waals surface area contributed by atoms with Gasteiger partial charge in [-0.15, -0.1) is 0 Å². The van der Waals surface area contributed by atoms with Gasteiger partial charge in [0.25, 0.3) is 0 Å². The number of phenolic OH excluding ortho intramolecular Hbond substituents is 1. The first-order chi connectivity index (χ1) is 8.38. The molecule has 2 rings (SSSR count). The van der Waals surface area contributed by atoms with Crippen molar-refractivity contribution in [1.82, 2.24) is 0 Å². The molecule has 0 spiro atoms. The molecule has 3 N–H and O–H groups in total. The average Bonchev–Trinajstić information content (AvgIpc) is 3.04. The molecule has 1 saturated carbocycles. The highest BCUT2D eigenvalue weighted by Gasteiger charge is 2.54. The van der Waals surface area contributed by atoms with Crippen molar-refractivity contribution in [2.24, 2.45) is 0 Å². The molecular formula is C12H12ClNO4. The normalized spacial score (nSPS) is 16.1. The average molecular weight is 270 g/mol. The zero-order valence-electron chi connectivity index (χ0n) is 9.66. The number of amides is 1. The van der Waals surface area contributed by atoms with Gasteiger partial charge in [-0.2, -0.15) is 0 Å². The van der Waals surface area contributed by atoms with E-state index >= 15 is 0 Å². The van der Waals surface area contributed by atoms with Crippen LogP contribution in [0.3, 0.4) is 0 Å². The number of hydrogen-bond acceptors (Lipinski definition) is 3. The largest absolute Gasteiger partial charge is 0.506 e. The number of carboxylic acid groups (broad SMARTS) is 1. The van der Waals surface area contributed by atoms with Gasteiger partial charge in [0.1, 0.15) is 5.75 Å². The summed E-state index contributed by atoms with van der Waals surface area (Å²) in [5, 5.41) is 21.7. The van der Waals surface area contributed by atoms with Gasteiger partial charge in [-0.05, 0) is 25.0 Å². The number of rotatable bonds is 3. The summed E-state index contributed by atoms with van der Waals surface area (Å²) in [6.45, 7) is 1.28. The Morgan fingerprint density at radius 1 is 1.39 bits per heavy atom. The topological polar surface area (TPSA) is 86.6 Å². The molecule has 0 unspecified atom stereocenters. The number of carbonyl (C=O) groups is 2. The quantitative estimate of drug-likeness (QED) is 0.734. The van der Waals surface area contributed by atoms with E-state index in [1.165, 1.54) is 19.1 Å². The van der Waals surface area contributed by atoms with Crippen LogP contribution in [0.5, 0.6) is 5.75 Å². The van der Waals surface area contributed by atoms with E-state index in [-0.39, 0.29) is 22.0 Å². The number of hydrogen-bond donors (Lipinski definition) is 3. The van der Waals surface area contributed by atoms with Gasteiger partial charge in [0, 0.05) is 17.5 Å². The summed E-state index contributed by atoms with van der Waals surface area (Å²) in [5.41, 5.74) is -0.713. The molecule has 96 valence electrons. The van der Waals surface area contributed by atoms with Gasteiger partial charge in [0.05, 0.1) is 11.1 Å². The molecule has 1 amide bonds. The van der Waals surface area contributed by atoms with E-state index in [0.717, 1.165) is 0 Å². The van der Waals surface area contributed by atoms with Crippen molar-refractivity contribution in [2.75, 3.05) is 5.32 Å². The minimum absolute atomic E-state index is 0.0925. The molecule has 1 aliphatic carbocycles. The van der Waals surface area contributed by atoms with E-state index in [2.05, 4.69) is 5.32 Å². The maximum atomic E-state index is 11.3.